The van der Waals surface area contributed by atoms with E-state index >= 15 is 0 Å². The smallest absolute Gasteiger partial charge is 0.00683 e. The van der Waals surface area contributed by atoms with Crippen molar-refractivity contribution in [2.24, 2.45) is 5.92 Å². The van der Waals surface area contributed by atoms with Crippen molar-refractivity contribution in [1.82, 2.24) is 5.32 Å². The predicted octanol–water partition coefficient (Wildman–Crippen LogP) is 4.41. The Hall–Kier alpha value is -0.820. The van der Waals surface area contributed by atoms with E-state index in [9.17, 15) is 0 Å². The monoisotopic (exact) mass is 257 g/mol. The predicted molar refractivity (Wildman–Crippen MR) is 81.5 cm³/mol. The first kappa shape index (κ1) is 13.2. The fourth-order valence-corrected chi connectivity index (χ4v) is 3.65. The summed E-state index contributed by atoms with van der Waals surface area (Å²) < 4.78 is 0. The van der Waals surface area contributed by atoms with Crippen LogP contribution < -0.4 is 5.32 Å². The van der Waals surface area contributed by atoms with Gasteiger partial charge in [0.2, 0.25) is 0 Å². The van der Waals surface area contributed by atoms with Crippen LogP contribution in [0.15, 0.2) is 24.3 Å². The third kappa shape index (κ3) is 3.39. The number of rotatable bonds is 4. The normalized spacial score (nSPS) is 28.1. The Morgan fingerprint density at radius 1 is 1.00 bits per heavy atom. The Bertz CT molecular complexity index is 408. The van der Waals surface area contributed by atoms with E-state index in [1.807, 2.05) is 0 Å². The van der Waals surface area contributed by atoms with E-state index in [0.717, 1.165) is 17.9 Å². The lowest BCUT2D eigenvalue weighted by Gasteiger charge is -2.27. The minimum atomic E-state index is 0.787. The zero-order valence-corrected chi connectivity index (χ0v) is 12.2. The van der Waals surface area contributed by atoms with Gasteiger partial charge in [0.1, 0.15) is 0 Å². The molecule has 0 aliphatic heterocycles. The molecule has 1 nitrogen and oxygen atoms in total. The molecule has 2 aliphatic rings. The molecule has 0 heterocycles. The van der Waals surface area contributed by atoms with Gasteiger partial charge in [-0.25, -0.2) is 0 Å². The van der Waals surface area contributed by atoms with Gasteiger partial charge in [-0.3, -0.25) is 0 Å². The van der Waals surface area contributed by atoms with Crippen molar-refractivity contribution in [2.45, 2.75) is 63.8 Å². The minimum absolute atomic E-state index is 0.787. The third-order valence-electron chi connectivity index (χ3n) is 4.99. The lowest BCUT2D eigenvalue weighted by molar-refractivity contribution is 0.373. The zero-order valence-electron chi connectivity index (χ0n) is 12.2. The Morgan fingerprint density at radius 2 is 1.79 bits per heavy atom. The van der Waals surface area contributed by atoms with Gasteiger partial charge in [0.25, 0.3) is 0 Å². The van der Waals surface area contributed by atoms with Gasteiger partial charge in [-0.05, 0) is 62.1 Å². The van der Waals surface area contributed by atoms with Crippen LogP contribution in [-0.4, -0.2) is 12.6 Å². The summed E-state index contributed by atoms with van der Waals surface area (Å²) in [5, 5.41) is 3.77. The van der Waals surface area contributed by atoms with Gasteiger partial charge in [0.15, 0.2) is 0 Å². The molecule has 1 N–H and O–H groups in total. The van der Waals surface area contributed by atoms with Gasteiger partial charge in [-0.2, -0.15) is 0 Å². The molecule has 2 fully saturated rings. The second-order valence-electron chi connectivity index (χ2n) is 6.54. The second-order valence-corrected chi connectivity index (χ2v) is 6.54. The highest BCUT2D eigenvalue weighted by molar-refractivity contribution is 5.30. The van der Waals surface area contributed by atoms with Crippen LogP contribution in [0.25, 0.3) is 0 Å². The molecule has 0 saturated heterocycles. The molecule has 0 spiro atoms. The van der Waals surface area contributed by atoms with Crippen molar-refractivity contribution < 1.29 is 0 Å². The Balaban J connectivity index is 1.74. The topological polar surface area (TPSA) is 12.0 Å². The van der Waals surface area contributed by atoms with Gasteiger partial charge in [0.05, 0.1) is 0 Å². The van der Waals surface area contributed by atoms with Crippen LogP contribution >= 0.6 is 0 Å². The molecule has 2 aliphatic carbocycles. The van der Waals surface area contributed by atoms with E-state index in [1.165, 1.54) is 57.1 Å². The van der Waals surface area contributed by atoms with E-state index in [4.69, 9.17) is 0 Å². The minimum Gasteiger partial charge on any atom is -0.314 e. The summed E-state index contributed by atoms with van der Waals surface area (Å²) in [6.45, 7) is 3.52. The molecule has 3 rings (SSSR count). The van der Waals surface area contributed by atoms with E-state index < -0.39 is 0 Å². The molecular formula is C18H27N. The van der Waals surface area contributed by atoms with Crippen molar-refractivity contribution in [3.8, 4) is 0 Å². The maximum Gasteiger partial charge on any atom is 0.00683 e. The molecule has 0 radical (unpaired) electrons. The third-order valence-corrected chi connectivity index (χ3v) is 4.99. The SMILES string of the molecule is Cc1ccccc1C1CCCCCC1CNC1CC1. The molecule has 1 aromatic carbocycles. The molecule has 1 heteroatoms. The van der Waals surface area contributed by atoms with Crippen LogP contribution in [0.2, 0.25) is 0 Å². The number of hydrogen-bond donors (Lipinski definition) is 1. The van der Waals surface area contributed by atoms with Crippen molar-refractivity contribution in [3.05, 3.63) is 35.4 Å². The van der Waals surface area contributed by atoms with Gasteiger partial charge < -0.3 is 5.32 Å². The molecule has 0 aromatic heterocycles. The first-order chi connectivity index (χ1) is 9.34. The first-order valence-electron chi connectivity index (χ1n) is 8.13. The summed E-state index contributed by atoms with van der Waals surface area (Å²) in [7, 11) is 0. The van der Waals surface area contributed by atoms with Crippen LogP contribution in [0.1, 0.15) is 62.0 Å². The van der Waals surface area contributed by atoms with Crippen LogP contribution in [0.4, 0.5) is 0 Å². The maximum absolute atomic E-state index is 3.77. The summed E-state index contributed by atoms with van der Waals surface area (Å²) in [5.74, 6) is 1.64. The van der Waals surface area contributed by atoms with Crippen LogP contribution in [0.5, 0.6) is 0 Å². The number of nitrogens with one attached hydrogen (secondary N) is 1. The average molecular weight is 257 g/mol. The largest absolute Gasteiger partial charge is 0.314 e. The van der Waals surface area contributed by atoms with Crippen molar-refractivity contribution >= 4 is 0 Å². The Labute approximate surface area is 117 Å². The van der Waals surface area contributed by atoms with Crippen molar-refractivity contribution in [3.63, 3.8) is 0 Å². The molecule has 1 aromatic rings. The molecular weight excluding hydrogens is 230 g/mol. The molecule has 2 saturated carbocycles. The summed E-state index contributed by atoms with van der Waals surface area (Å²) in [4.78, 5) is 0. The van der Waals surface area contributed by atoms with Crippen LogP contribution in [0, 0.1) is 12.8 Å². The van der Waals surface area contributed by atoms with Gasteiger partial charge in [0, 0.05) is 6.04 Å². The standard InChI is InChI=1S/C18H27N/c1-14-7-5-6-9-17(14)18-10-4-2-3-8-15(18)13-19-16-11-12-16/h5-7,9,15-16,18-19H,2-4,8,10-13H2,1H3. The Kier molecular flexibility index (Phi) is 4.22. The fraction of sp³-hybridized carbons (Fsp3) is 0.667. The van der Waals surface area contributed by atoms with E-state index in [2.05, 4.69) is 36.5 Å². The lowest BCUT2D eigenvalue weighted by atomic mass is 9.80. The Morgan fingerprint density at radius 3 is 2.58 bits per heavy atom. The summed E-state index contributed by atoms with van der Waals surface area (Å²) in [6, 6.07) is 9.90. The lowest BCUT2D eigenvalue weighted by Crippen LogP contribution is -2.28. The summed E-state index contributed by atoms with van der Waals surface area (Å²) in [5.41, 5.74) is 3.11. The number of aryl methyl sites for hydroxylation is 1. The summed E-state index contributed by atoms with van der Waals surface area (Å²) >= 11 is 0. The first-order valence-corrected chi connectivity index (χ1v) is 8.13. The van der Waals surface area contributed by atoms with Crippen molar-refractivity contribution in [1.29, 1.82) is 0 Å². The second kappa shape index (κ2) is 6.09. The summed E-state index contributed by atoms with van der Waals surface area (Å²) in [6.07, 6.45) is 9.89. The highest BCUT2D eigenvalue weighted by Gasteiger charge is 2.28. The van der Waals surface area contributed by atoms with Gasteiger partial charge in [-0.15, -0.1) is 0 Å². The molecule has 0 amide bonds. The quantitative estimate of drug-likeness (QED) is 0.788. The van der Waals surface area contributed by atoms with E-state index in [0.29, 0.717) is 0 Å². The average Bonchev–Trinajstić information content (AvgIpc) is 3.24. The van der Waals surface area contributed by atoms with Crippen LogP contribution in [0.3, 0.4) is 0 Å². The fourth-order valence-electron chi connectivity index (χ4n) is 3.65. The molecule has 2 unspecified atom stereocenters. The highest BCUT2D eigenvalue weighted by Crippen LogP contribution is 2.38. The maximum atomic E-state index is 3.77. The van der Waals surface area contributed by atoms with E-state index in [-0.39, 0.29) is 0 Å². The van der Waals surface area contributed by atoms with Gasteiger partial charge >= 0.3 is 0 Å². The number of benzene rings is 1. The highest BCUT2D eigenvalue weighted by atomic mass is 14.9. The molecule has 19 heavy (non-hydrogen) atoms. The number of hydrogen-bond acceptors (Lipinski definition) is 1. The molecule has 2 atom stereocenters. The molecule has 104 valence electrons. The van der Waals surface area contributed by atoms with Gasteiger partial charge in [-0.1, -0.05) is 43.5 Å². The van der Waals surface area contributed by atoms with E-state index in [1.54, 1.807) is 5.56 Å². The van der Waals surface area contributed by atoms with Crippen molar-refractivity contribution in [2.75, 3.05) is 6.54 Å². The molecule has 0 bridgehead atoms. The van der Waals surface area contributed by atoms with Crippen LogP contribution in [-0.2, 0) is 0 Å². The zero-order chi connectivity index (χ0) is 13.1.